The third-order valence-electron chi connectivity index (χ3n) is 1.12. The first-order valence-corrected chi connectivity index (χ1v) is 2.75. The quantitative estimate of drug-likeness (QED) is 0.547. The van der Waals surface area contributed by atoms with Crippen LogP contribution in [0.2, 0.25) is 0 Å². The zero-order valence-corrected chi connectivity index (χ0v) is 5.78. The minimum Gasteiger partial charge on any atom is -0.402 e. The maximum Gasteiger partial charge on any atom is 0.0178 e. The van der Waals surface area contributed by atoms with Crippen LogP contribution in [0.1, 0.15) is 13.8 Å². The highest BCUT2D eigenvalue weighted by Gasteiger charge is 1.86. The summed E-state index contributed by atoms with van der Waals surface area (Å²) in [6.07, 6.45) is 0. The number of hydrogen-bond acceptors (Lipinski definition) is 2. The summed E-state index contributed by atoms with van der Waals surface area (Å²) in [6.45, 7) is 4.82. The van der Waals surface area contributed by atoms with Crippen molar-refractivity contribution in [3.05, 3.63) is 11.3 Å². The molecule has 2 heteroatoms. The minimum absolute atomic E-state index is 0.891. The van der Waals surface area contributed by atoms with Gasteiger partial charge in [0.1, 0.15) is 0 Å². The lowest BCUT2D eigenvalue weighted by molar-refractivity contribution is 0.866. The van der Waals surface area contributed by atoms with Crippen molar-refractivity contribution in [3.63, 3.8) is 0 Å². The van der Waals surface area contributed by atoms with E-state index in [2.05, 4.69) is 5.32 Å². The molecule has 0 rings (SSSR count). The highest BCUT2D eigenvalue weighted by atomic mass is 14.8. The summed E-state index contributed by atoms with van der Waals surface area (Å²) in [5.41, 5.74) is 7.59. The lowest BCUT2D eigenvalue weighted by Crippen LogP contribution is -2.11. The van der Waals surface area contributed by atoms with E-state index in [9.17, 15) is 0 Å². The first-order chi connectivity index (χ1) is 3.68. The van der Waals surface area contributed by atoms with Crippen LogP contribution < -0.4 is 11.1 Å². The van der Waals surface area contributed by atoms with Gasteiger partial charge in [-0.3, -0.25) is 0 Å². The van der Waals surface area contributed by atoms with Gasteiger partial charge in [0.05, 0.1) is 0 Å². The lowest BCUT2D eigenvalue weighted by Gasteiger charge is -1.99. The third-order valence-corrected chi connectivity index (χ3v) is 1.12. The molecule has 8 heavy (non-hydrogen) atoms. The molecule has 0 aliphatic carbocycles. The molecule has 0 fully saturated rings. The number of hydrogen-bond donors (Lipinski definition) is 2. The van der Waals surface area contributed by atoms with Gasteiger partial charge >= 0.3 is 0 Å². The van der Waals surface area contributed by atoms with Gasteiger partial charge in [-0.25, -0.2) is 0 Å². The first-order valence-electron chi connectivity index (χ1n) is 2.75. The molecule has 0 atom stereocenters. The van der Waals surface area contributed by atoms with Crippen molar-refractivity contribution in [2.75, 3.05) is 13.6 Å². The normalized spacial score (nSPS) is 13.4. The standard InChI is InChI=1S/C6H14N2/c1-5(4-8-3)6(2)7/h8H,4,7H2,1-3H3/b6-5-. The molecule has 48 valence electrons. The monoisotopic (exact) mass is 114 g/mol. The van der Waals surface area contributed by atoms with E-state index in [0.29, 0.717) is 0 Å². The Morgan fingerprint density at radius 2 is 2.00 bits per heavy atom. The Hall–Kier alpha value is -0.500. The molecule has 0 heterocycles. The van der Waals surface area contributed by atoms with Gasteiger partial charge in [-0.05, 0) is 26.5 Å². The first kappa shape index (κ1) is 7.50. The second-order valence-corrected chi connectivity index (χ2v) is 1.99. The van der Waals surface area contributed by atoms with Crippen molar-refractivity contribution in [1.29, 1.82) is 0 Å². The molecular weight excluding hydrogens is 100 g/mol. The molecule has 0 aromatic heterocycles. The van der Waals surface area contributed by atoms with E-state index in [1.807, 2.05) is 20.9 Å². The Morgan fingerprint density at radius 3 is 2.12 bits per heavy atom. The van der Waals surface area contributed by atoms with Gasteiger partial charge < -0.3 is 11.1 Å². The van der Waals surface area contributed by atoms with Gasteiger partial charge in [0, 0.05) is 12.2 Å². The topological polar surface area (TPSA) is 38.0 Å². The highest BCUT2D eigenvalue weighted by molar-refractivity contribution is 5.06. The van der Waals surface area contributed by atoms with Crippen LogP contribution in [0.3, 0.4) is 0 Å². The van der Waals surface area contributed by atoms with Crippen LogP contribution in [-0.2, 0) is 0 Å². The summed E-state index contributed by atoms with van der Waals surface area (Å²) in [5, 5.41) is 3.01. The van der Waals surface area contributed by atoms with Crippen molar-refractivity contribution in [3.8, 4) is 0 Å². The fraction of sp³-hybridized carbons (Fsp3) is 0.667. The number of rotatable bonds is 2. The SMILES string of the molecule is CNC/C(C)=C(/C)N. The van der Waals surface area contributed by atoms with Crippen molar-refractivity contribution >= 4 is 0 Å². The largest absolute Gasteiger partial charge is 0.402 e. The Kier molecular flexibility index (Phi) is 3.28. The van der Waals surface area contributed by atoms with Crippen molar-refractivity contribution in [2.24, 2.45) is 5.73 Å². The van der Waals surface area contributed by atoms with E-state index in [4.69, 9.17) is 5.73 Å². The molecule has 0 aromatic carbocycles. The maximum atomic E-state index is 5.46. The van der Waals surface area contributed by atoms with Crippen LogP contribution in [0.25, 0.3) is 0 Å². The van der Waals surface area contributed by atoms with E-state index < -0.39 is 0 Å². The van der Waals surface area contributed by atoms with E-state index in [0.717, 1.165) is 12.2 Å². The zero-order chi connectivity index (χ0) is 6.57. The second-order valence-electron chi connectivity index (χ2n) is 1.99. The zero-order valence-electron chi connectivity index (χ0n) is 5.78. The number of allylic oxidation sites excluding steroid dienone is 1. The molecule has 0 spiro atoms. The molecule has 3 N–H and O–H groups in total. The fourth-order valence-electron chi connectivity index (χ4n) is 0.405. The number of nitrogens with two attached hydrogens (primary N) is 1. The van der Waals surface area contributed by atoms with Crippen LogP contribution in [0.15, 0.2) is 11.3 Å². The third kappa shape index (κ3) is 2.64. The van der Waals surface area contributed by atoms with Gasteiger partial charge in [-0.15, -0.1) is 0 Å². The van der Waals surface area contributed by atoms with Gasteiger partial charge in [0.25, 0.3) is 0 Å². The fourth-order valence-corrected chi connectivity index (χ4v) is 0.405. The summed E-state index contributed by atoms with van der Waals surface area (Å²) >= 11 is 0. The van der Waals surface area contributed by atoms with Crippen LogP contribution >= 0.6 is 0 Å². The second kappa shape index (κ2) is 3.50. The average molecular weight is 114 g/mol. The molecule has 0 aliphatic heterocycles. The van der Waals surface area contributed by atoms with E-state index in [-0.39, 0.29) is 0 Å². The Balaban J connectivity index is 3.62. The van der Waals surface area contributed by atoms with E-state index >= 15 is 0 Å². The molecule has 0 aromatic rings. The number of likely N-dealkylation sites (N-methyl/N-ethyl adjacent to an activating group) is 1. The predicted molar refractivity (Wildman–Crippen MR) is 36.5 cm³/mol. The summed E-state index contributed by atoms with van der Waals surface area (Å²) in [5.74, 6) is 0. The van der Waals surface area contributed by atoms with E-state index in [1.165, 1.54) is 5.57 Å². The van der Waals surface area contributed by atoms with Crippen molar-refractivity contribution in [2.45, 2.75) is 13.8 Å². The molecule has 2 nitrogen and oxygen atoms in total. The molecule has 0 unspecified atom stereocenters. The Labute approximate surface area is 50.8 Å². The van der Waals surface area contributed by atoms with Gasteiger partial charge in [-0.1, -0.05) is 0 Å². The number of nitrogens with one attached hydrogen (secondary N) is 1. The molecule has 0 radical (unpaired) electrons. The van der Waals surface area contributed by atoms with Gasteiger partial charge in [0.2, 0.25) is 0 Å². The highest BCUT2D eigenvalue weighted by Crippen LogP contribution is 1.92. The molecule has 0 amide bonds. The smallest absolute Gasteiger partial charge is 0.0178 e. The molecule has 0 aliphatic rings. The van der Waals surface area contributed by atoms with Crippen LogP contribution in [0.4, 0.5) is 0 Å². The van der Waals surface area contributed by atoms with Crippen LogP contribution in [-0.4, -0.2) is 13.6 Å². The Morgan fingerprint density at radius 1 is 1.50 bits per heavy atom. The van der Waals surface area contributed by atoms with E-state index in [1.54, 1.807) is 0 Å². The summed E-state index contributed by atoms with van der Waals surface area (Å²) in [7, 11) is 1.91. The molecule has 0 saturated heterocycles. The minimum atomic E-state index is 0.891. The van der Waals surface area contributed by atoms with Gasteiger partial charge in [0.15, 0.2) is 0 Å². The molecular formula is C6H14N2. The lowest BCUT2D eigenvalue weighted by atomic mass is 10.2. The summed E-state index contributed by atoms with van der Waals surface area (Å²) in [6, 6.07) is 0. The summed E-state index contributed by atoms with van der Waals surface area (Å²) in [4.78, 5) is 0. The molecule has 0 saturated carbocycles. The van der Waals surface area contributed by atoms with Gasteiger partial charge in [-0.2, -0.15) is 0 Å². The average Bonchev–Trinajstić information content (AvgIpc) is 1.67. The van der Waals surface area contributed by atoms with Crippen LogP contribution in [0, 0.1) is 0 Å². The van der Waals surface area contributed by atoms with Crippen molar-refractivity contribution < 1.29 is 0 Å². The predicted octanol–water partition coefficient (Wildman–Crippen LogP) is 0.458. The van der Waals surface area contributed by atoms with Crippen molar-refractivity contribution in [1.82, 2.24) is 5.32 Å². The summed E-state index contributed by atoms with van der Waals surface area (Å²) < 4.78 is 0. The Bertz CT molecular complexity index is 90.7. The van der Waals surface area contributed by atoms with Crippen LogP contribution in [0.5, 0.6) is 0 Å². The maximum absolute atomic E-state index is 5.46. The molecule has 0 bridgehead atoms.